The first-order valence-electron chi connectivity index (χ1n) is 6.83. The van der Waals surface area contributed by atoms with E-state index in [9.17, 15) is 8.42 Å². The zero-order valence-corrected chi connectivity index (χ0v) is 13.3. The van der Waals surface area contributed by atoms with Crippen LogP contribution in [0.1, 0.15) is 32.5 Å². The highest BCUT2D eigenvalue weighted by Gasteiger charge is 2.18. The molecule has 0 saturated heterocycles. The number of anilines is 1. The average molecular weight is 311 g/mol. The van der Waals surface area contributed by atoms with Crippen molar-refractivity contribution in [3.05, 3.63) is 30.4 Å². The summed E-state index contributed by atoms with van der Waals surface area (Å²) in [5.74, 6) is 0. The molecule has 21 heavy (non-hydrogen) atoms. The van der Waals surface area contributed by atoms with Gasteiger partial charge in [-0.25, -0.2) is 8.42 Å². The van der Waals surface area contributed by atoms with E-state index in [0.29, 0.717) is 18.8 Å². The summed E-state index contributed by atoms with van der Waals surface area (Å²) in [7, 11) is -3.63. The summed E-state index contributed by atoms with van der Waals surface area (Å²) >= 11 is 0. The molecule has 2 heterocycles. The second kappa shape index (κ2) is 5.90. The van der Waals surface area contributed by atoms with Crippen molar-refractivity contribution in [1.29, 1.82) is 0 Å². The molecule has 0 radical (unpaired) electrons. The van der Waals surface area contributed by atoms with Gasteiger partial charge < -0.3 is 10.3 Å². The van der Waals surface area contributed by atoms with Crippen LogP contribution in [0.15, 0.2) is 29.6 Å². The van der Waals surface area contributed by atoms with Gasteiger partial charge in [0.2, 0.25) is 0 Å². The highest BCUT2D eigenvalue weighted by molar-refractivity contribution is 7.92. The molecule has 2 rings (SSSR count). The lowest BCUT2D eigenvalue weighted by Crippen LogP contribution is -2.12. The lowest BCUT2D eigenvalue weighted by molar-refractivity contribution is 0.532. The SMILES string of the molecule is CCn1cc(S(=O)(=O)Nc2cnn(C(C)C)c2)cc1CN. The molecule has 2 aromatic heterocycles. The van der Waals surface area contributed by atoms with E-state index >= 15 is 0 Å². The summed E-state index contributed by atoms with van der Waals surface area (Å²) in [5, 5.41) is 4.11. The third-order valence-corrected chi connectivity index (χ3v) is 4.55. The number of sulfonamides is 1. The minimum absolute atomic E-state index is 0.174. The first-order valence-corrected chi connectivity index (χ1v) is 8.31. The standard InChI is InChI=1S/C13H21N5O2S/c1-4-17-9-13(5-12(17)6-14)21(19,20)16-11-7-15-18(8-11)10(2)3/h5,7-10,16H,4,6,14H2,1-3H3. The average Bonchev–Trinajstić information content (AvgIpc) is 3.04. The molecule has 0 aromatic carbocycles. The van der Waals surface area contributed by atoms with Gasteiger partial charge in [0.15, 0.2) is 0 Å². The van der Waals surface area contributed by atoms with E-state index in [0.717, 1.165) is 5.69 Å². The van der Waals surface area contributed by atoms with Crippen molar-refractivity contribution in [3.63, 3.8) is 0 Å². The Balaban J connectivity index is 2.27. The predicted octanol–water partition coefficient (Wildman–Crippen LogP) is 1.54. The van der Waals surface area contributed by atoms with E-state index in [2.05, 4.69) is 9.82 Å². The maximum atomic E-state index is 12.4. The van der Waals surface area contributed by atoms with Gasteiger partial charge in [-0.3, -0.25) is 9.40 Å². The molecular weight excluding hydrogens is 290 g/mol. The number of hydrogen-bond acceptors (Lipinski definition) is 4. The van der Waals surface area contributed by atoms with Gasteiger partial charge in [-0.15, -0.1) is 0 Å². The van der Waals surface area contributed by atoms with E-state index in [-0.39, 0.29) is 10.9 Å². The topological polar surface area (TPSA) is 94.9 Å². The van der Waals surface area contributed by atoms with Gasteiger partial charge >= 0.3 is 0 Å². The fourth-order valence-electron chi connectivity index (χ4n) is 2.03. The summed E-state index contributed by atoms with van der Waals surface area (Å²) in [6, 6.07) is 1.77. The smallest absolute Gasteiger partial charge is 0.263 e. The molecule has 116 valence electrons. The van der Waals surface area contributed by atoms with E-state index in [4.69, 9.17) is 5.73 Å². The Morgan fingerprint density at radius 3 is 2.57 bits per heavy atom. The van der Waals surface area contributed by atoms with E-state index in [1.807, 2.05) is 25.3 Å². The Hall–Kier alpha value is -1.80. The van der Waals surface area contributed by atoms with Crippen molar-refractivity contribution in [2.24, 2.45) is 5.73 Å². The normalized spacial score (nSPS) is 12.0. The number of aryl methyl sites for hydroxylation is 1. The third-order valence-electron chi connectivity index (χ3n) is 3.20. The third kappa shape index (κ3) is 3.27. The van der Waals surface area contributed by atoms with Crippen LogP contribution in [0.3, 0.4) is 0 Å². The van der Waals surface area contributed by atoms with Gasteiger partial charge in [-0.2, -0.15) is 5.10 Å². The molecule has 0 aliphatic rings. The lowest BCUT2D eigenvalue weighted by Gasteiger charge is -2.05. The molecule has 0 aliphatic carbocycles. The minimum Gasteiger partial charge on any atom is -0.349 e. The second-order valence-corrected chi connectivity index (χ2v) is 6.75. The molecule has 8 heteroatoms. The minimum atomic E-state index is -3.63. The summed E-state index contributed by atoms with van der Waals surface area (Å²) in [6.07, 6.45) is 4.76. The summed E-state index contributed by atoms with van der Waals surface area (Å²) in [4.78, 5) is 0.210. The Bertz CT molecular complexity index is 693. The van der Waals surface area contributed by atoms with Gasteiger partial charge in [0.25, 0.3) is 10.0 Å². The van der Waals surface area contributed by atoms with E-state index in [1.54, 1.807) is 23.1 Å². The monoisotopic (exact) mass is 311 g/mol. The van der Waals surface area contributed by atoms with Gasteiger partial charge in [-0.05, 0) is 26.8 Å². The van der Waals surface area contributed by atoms with Crippen LogP contribution in [-0.2, 0) is 23.1 Å². The molecule has 7 nitrogen and oxygen atoms in total. The zero-order valence-electron chi connectivity index (χ0n) is 12.4. The maximum Gasteiger partial charge on any atom is 0.263 e. The van der Waals surface area contributed by atoms with Crippen molar-refractivity contribution >= 4 is 15.7 Å². The molecular formula is C13H21N5O2S. The molecule has 3 N–H and O–H groups in total. The fourth-order valence-corrected chi connectivity index (χ4v) is 3.12. The zero-order chi connectivity index (χ0) is 15.6. The van der Waals surface area contributed by atoms with Gasteiger partial charge in [-0.1, -0.05) is 0 Å². The number of hydrogen-bond donors (Lipinski definition) is 2. The Labute approximate surface area is 124 Å². The van der Waals surface area contributed by atoms with Crippen molar-refractivity contribution in [2.75, 3.05) is 4.72 Å². The van der Waals surface area contributed by atoms with Crippen molar-refractivity contribution < 1.29 is 8.42 Å². The molecule has 0 atom stereocenters. The molecule has 0 amide bonds. The van der Waals surface area contributed by atoms with Crippen LogP contribution in [0, 0.1) is 0 Å². The second-order valence-electron chi connectivity index (χ2n) is 5.07. The van der Waals surface area contributed by atoms with Crippen LogP contribution in [-0.4, -0.2) is 22.8 Å². The first-order chi connectivity index (χ1) is 9.87. The Morgan fingerprint density at radius 1 is 1.38 bits per heavy atom. The summed E-state index contributed by atoms with van der Waals surface area (Å²) < 4.78 is 30.8. The van der Waals surface area contributed by atoms with Crippen LogP contribution < -0.4 is 10.5 Å². The van der Waals surface area contributed by atoms with Crippen LogP contribution in [0.4, 0.5) is 5.69 Å². The van der Waals surface area contributed by atoms with E-state index in [1.165, 1.54) is 6.20 Å². The number of nitrogens with two attached hydrogens (primary N) is 1. The highest BCUT2D eigenvalue weighted by atomic mass is 32.2. The number of rotatable bonds is 6. The van der Waals surface area contributed by atoms with Gasteiger partial charge in [0, 0.05) is 37.2 Å². The lowest BCUT2D eigenvalue weighted by atomic mass is 10.4. The van der Waals surface area contributed by atoms with Gasteiger partial charge in [0.05, 0.1) is 11.9 Å². The Kier molecular flexibility index (Phi) is 4.38. The Morgan fingerprint density at radius 2 is 2.10 bits per heavy atom. The van der Waals surface area contributed by atoms with Crippen LogP contribution in [0.25, 0.3) is 0 Å². The molecule has 0 aliphatic heterocycles. The molecule has 0 fully saturated rings. The summed E-state index contributed by atoms with van der Waals surface area (Å²) in [5.41, 5.74) is 6.86. The van der Waals surface area contributed by atoms with Gasteiger partial charge in [0.1, 0.15) is 4.90 Å². The molecule has 0 bridgehead atoms. The van der Waals surface area contributed by atoms with E-state index < -0.39 is 10.0 Å². The van der Waals surface area contributed by atoms with Crippen molar-refractivity contribution in [3.8, 4) is 0 Å². The molecule has 0 unspecified atom stereocenters. The number of nitrogens with zero attached hydrogens (tertiary/aromatic N) is 3. The predicted molar refractivity (Wildman–Crippen MR) is 81.4 cm³/mol. The number of nitrogens with one attached hydrogen (secondary N) is 1. The number of aromatic nitrogens is 3. The molecule has 2 aromatic rings. The van der Waals surface area contributed by atoms with Crippen molar-refractivity contribution in [2.45, 2.75) is 44.8 Å². The highest BCUT2D eigenvalue weighted by Crippen LogP contribution is 2.19. The molecule has 0 saturated carbocycles. The largest absolute Gasteiger partial charge is 0.349 e. The van der Waals surface area contributed by atoms with Crippen LogP contribution >= 0.6 is 0 Å². The fraction of sp³-hybridized carbons (Fsp3) is 0.462. The quantitative estimate of drug-likeness (QED) is 0.846. The van der Waals surface area contributed by atoms with Crippen LogP contribution in [0.5, 0.6) is 0 Å². The maximum absolute atomic E-state index is 12.4. The van der Waals surface area contributed by atoms with Crippen molar-refractivity contribution in [1.82, 2.24) is 14.3 Å². The summed E-state index contributed by atoms with van der Waals surface area (Å²) in [6.45, 7) is 6.86. The first kappa shape index (κ1) is 15.6. The van der Waals surface area contributed by atoms with Crippen LogP contribution in [0.2, 0.25) is 0 Å². The molecule has 0 spiro atoms.